The van der Waals surface area contributed by atoms with Crippen LogP contribution in [0.25, 0.3) is 76.5 Å². The first kappa shape index (κ1) is 28.8. The van der Waals surface area contributed by atoms with Gasteiger partial charge in [-0.05, 0) is 63.0 Å². The smallest absolute Gasteiger partial charge is 0.160 e. The third-order valence-corrected chi connectivity index (χ3v) is 10.3. The van der Waals surface area contributed by atoms with Gasteiger partial charge in [-0.1, -0.05) is 133 Å². The second-order valence-electron chi connectivity index (χ2n) is 13.4. The predicted octanol–water partition coefficient (Wildman–Crippen LogP) is 12.0. The normalized spacial score (nSPS) is 14.7. The van der Waals surface area contributed by atoms with Crippen molar-refractivity contribution >= 4 is 77.1 Å². The maximum Gasteiger partial charge on any atom is 0.160 e. The lowest BCUT2D eigenvalue weighted by molar-refractivity contribution is 0.628. The molecule has 3 heterocycles. The van der Waals surface area contributed by atoms with Gasteiger partial charge in [0.05, 0.1) is 0 Å². The number of aliphatic imine (C=N–C) groups is 2. The Morgan fingerprint density at radius 2 is 1.17 bits per heavy atom. The summed E-state index contributed by atoms with van der Waals surface area (Å²) in [5.74, 6) is 1.38. The molecule has 5 nitrogen and oxygen atoms in total. The molecule has 2 aromatic heterocycles. The summed E-state index contributed by atoms with van der Waals surface area (Å²) in [5, 5.41) is 12.8. The Hall–Kier alpha value is -6.98. The highest BCUT2D eigenvalue weighted by Gasteiger charge is 2.26. The zero-order chi connectivity index (χ0) is 34.2. The number of fused-ring (bicyclic) bond motifs is 9. The molecule has 0 aliphatic carbocycles. The molecule has 0 bridgehead atoms. The Labute approximate surface area is 298 Å². The molecule has 0 saturated carbocycles. The van der Waals surface area contributed by atoms with Crippen molar-refractivity contribution in [2.45, 2.75) is 6.17 Å². The summed E-state index contributed by atoms with van der Waals surface area (Å²) >= 11 is 0. The molecule has 5 heteroatoms. The summed E-state index contributed by atoms with van der Waals surface area (Å²) in [7, 11) is 0. The van der Waals surface area contributed by atoms with E-state index in [1.165, 1.54) is 21.5 Å². The Morgan fingerprint density at radius 3 is 2.12 bits per heavy atom. The summed E-state index contributed by atoms with van der Waals surface area (Å²) < 4.78 is 12.9. The molecule has 1 aliphatic heterocycles. The average Bonchev–Trinajstić information content (AvgIpc) is 3.79. The van der Waals surface area contributed by atoms with Gasteiger partial charge in [0.1, 0.15) is 28.2 Å². The van der Waals surface area contributed by atoms with E-state index in [2.05, 4.69) is 121 Å². The molecule has 52 heavy (non-hydrogen) atoms. The number of para-hydroxylation sites is 2. The molecule has 0 saturated heterocycles. The zero-order valence-corrected chi connectivity index (χ0v) is 27.9. The Kier molecular flexibility index (Phi) is 6.25. The van der Waals surface area contributed by atoms with Gasteiger partial charge < -0.3 is 14.2 Å². The lowest BCUT2D eigenvalue weighted by atomic mass is 9.96. The minimum absolute atomic E-state index is 0.440. The van der Waals surface area contributed by atoms with Crippen molar-refractivity contribution < 1.29 is 8.83 Å². The first-order chi connectivity index (χ1) is 25.7. The molecule has 0 fully saturated rings. The lowest BCUT2D eigenvalue weighted by Gasteiger charge is -2.24. The first-order valence-electron chi connectivity index (χ1n) is 17.5. The van der Waals surface area contributed by atoms with Crippen LogP contribution in [0.15, 0.2) is 183 Å². The Morgan fingerprint density at radius 1 is 0.462 bits per heavy atom. The highest BCUT2D eigenvalue weighted by Crippen LogP contribution is 2.39. The molecule has 0 radical (unpaired) electrons. The molecule has 1 aliphatic rings. The van der Waals surface area contributed by atoms with Crippen molar-refractivity contribution in [2.24, 2.45) is 9.98 Å². The van der Waals surface area contributed by atoms with Gasteiger partial charge in [-0.3, -0.25) is 0 Å². The number of amidine groups is 2. The average molecular weight is 668 g/mol. The summed E-state index contributed by atoms with van der Waals surface area (Å²) in [6.07, 6.45) is -0.440. The standard InChI is InChI=1S/C47H29N3O2/c1-2-11-29(12-3-1)45-48-46(50-47(49-45)38-17-8-15-36-35-14-6-7-18-40(35)52-44(36)38)37-16-9-19-42-43(37)39-27-31(23-25-41(39)51-42)30-22-24-34-32(26-30)21-20-28-10-4-5-13-33(28)34/h1-27,47H,(H,48,49,50). The van der Waals surface area contributed by atoms with Crippen LogP contribution in [-0.2, 0) is 0 Å². The maximum atomic E-state index is 6.47. The van der Waals surface area contributed by atoms with Crippen LogP contribution < -0.4 is 5.32 Å². The van der Waals surface area contributed by atoms with Gasteiger partial charge in [-0.25, -0.2) is 9.98 Å². The van der Waals surface area contributed by atoms with Crippen molar-refractivity contribution in [3.8, 4) is 11.1 Å². The minimum atomic E-state index is -0.440. The molecular formula is C47H29N3O2. The molecule has 244 valence electrons. The van der Waals surface area contributed by atoms with Gasteiger partial charge in [-0.15, -0.1) is 0 Å². The lowest BCUT2D eigenvalue weighted by Crippen LogP contribution is -2.33. The predicted molar refractivity (Wildman–Crippen MR) is 213 cm³/mol. The monoisotopic (exact) mass is 667 g/mol. The number of hydrogen-bond acceptors (Lipinski definition) is 5. The van der Waals surface area contributed by atoms with Crippen LogP contribution in [0.3, 0.4) is 0 Å². The third-order valence-electron chi connectivity index (χ3n) is 10.3. The molecule has 10 aromatic rings. The zero-order valence-electron chi connectivity index (χ0n) is 27.9. The fourth-order valence-electron chi connectivity index (χ4n) is 7.84. The topological polar surface area (TPSA) is 63.0 Å². The van der Waals surface area contributed by atoms with E-state index in [0.717, 1.165) is 77.5 Å². The van der Waals surface area contributed by atoms with Crippen molar-refractivity contribution in [1.29, 1.82) is 0 Å². The van der Waals surface area contributed by atoms with Crippen LogP contribution in [-0.4, -0.2) is 11.7 Å². The van der Waals surface area contributed by atoms with E-state index >= 15 is 0 Å². The molecular weight excluding hydrogens is 639 g/mol. The number of nitrogens with one attached hydrogen (secondary N) is 1. The van der Waals surface area contributed by atoms with Crippen molar-refractivity contribution in [3.05, 3.63) is 180 Å². The fraction of sp³-hybridized carbons (Fsp3) is 0.0213. The van der Waals surface area contributed by atoms with Gasteiger partial charge in [-0.2, -0.15) is 0 Å². The number of hydrogen-bond donors (Lipinski definition) is 1. The number of rotatable bonds is 4. The van der Waals surface area contributed by atoms with E-state index in [-0.39, 0.29) is 0 Å². The third kappa shape index (κ3) is 4.49. The van der Waals surface area contributed by atoms with Gasteiger partial charge in [0.25, 0.3) is 0 Å². The summed E-state index contributed by atoms with van der Waals surface area (Å²) in [5.41, 5.74) is 8.40. The van der Waals surface area contributed by atoms with E-state index in [0.29, 0.717) is 5.84 Å². The molecule has 8 aromatic carbocycles. The second-order valence-corrected chi connectivity index (χ2v) is 13.4. The molecule has 11 rings (SSSR count). The molecule has 0 spiro atoms. The summed E-state index contributed by atoms with van der Waals surface area (Å²) in [4.78, 5) is 10.5. The molecule has 1 unspecified atom stereocenters. The maximum absolute atomic E-state index is 6.47. The quantitative estimate of drug-likeness (QED) is 0.190. The van der Waals surface area contributed by atoms with Gasteiger partial charge in [0.2, 0.25) is 0 Å². The van der Waals surface area contributed by atoms with Crippen molar-refractivity contribution in [3.63, 3.8) is 0 Å². The summed E-state index contributed by atoms with van der Waals surface area (Å²) in [6, 6.07) is 56.9. The number of nitrogens with zero attached hydrogens (tertiary/aromatic N) is 2. The highest BCUT2D eigenvalue weighted by molar-refractivity contribution is 6.22. The highest BCUT2D eigenvalue weighted by atomic mass is 16.3. The van der Waals surface area contributed by atoms with E-state index in [4.69, 9.17) is 18.8 Å². The van der Waals surface area contributed by atoms with Crippen molar-refractivity contribution in [2.75, 3.05) is 0 Å². The Balaban J connectivity index is 1.09. The van der Waals surface area contributed by atoms with Crippen LogP contribution >= 0.6 is 0 Å². The number of furan rings is 2. The summed E-state index contributed by atoms with van der Waals surface area (Å²) in [6.45, 7) is 0. The van der Waals surface area contributed by atoms with Crippen LogP contribution in [0.1, 0.15) is 22.9 Å². The van der Waals surface area contributed by atoms with Crippen LogP contribution in [0.2, 0.25) is 0 Å². The van der Waals surface area contributed by atoms with E-state index in [9.17, 15) is 0 Å². The molecule has 1 N–H and O–H groups in total. The number of benzene rings is 8. The van der Waals surface area contributed by atoms with E-state index in [1.807, 2.05) is 48.5 Å². The molecule has 0 amide bonds. The van der Waals surface area contributed by atoms with E-state index < -0.39 is 6.17 Å². The minimum Gasteiger partial charge on any atom is -0.456 e. The second kappa shape index (κ2) is 11.3. The van der Waals surface area contributed by atoms with Gasteiger partial charge in [0.15, 0.2) is 12.0 Å². The Bertz CT molecular complexity index is 3110. The van der Waals surface area contributed by atoms with Crippen LogP contribution in [0.4, 0.5) is 0 Å². The van der Waals surface area contributed by atoms with Gasteiger partial charge >= 0.3 is 0 Å². The largest absolute Gasteiger partial charge is 0.456 e. The molecule has 1 atom stereocenters. The SMILES string of the molecule is c1ccc(C2=NC(c3cccc4oc5ccc(-c6ccc7c(ccc8ccccc87)c6)cc5c34)=NC(c3cccc4c3oc3ccccc34)N2)cc1. The van der Waals surface area contributed by atoms with Crippen LogP contribution in [0, 0.1) is 0 Å². The van der Waals surface area contributed by atoms with Crippen molar-refractivity contribution in [1.82, 2.24) is 5.32 Å². The van der Waals surface area contributed by atoms with Crippen LogP contribution in [0.5, 0.6) is 0 Å². The fourth-order valence-corrected chi connectivity index (χ4v) is 7.84. The van der Waals surface area contributed by atoms with Gasteiger partial charge in [0, 0.05) is 38.2 Å². The first-order valence-corrected chi connectivity index (χ1v) is 17.5. The van der Waals surface area contributed by atoms with E-state index in [1.54, 1.807) is 0 Å².